The van der Waals surface area contributed by atoms with Gasteiger partial charge >= 0.3 is 0 Å². The van der Waals surface area contributed by atoms with Crippen molar-refractivity contribution in [1.29, 1.82) is 0 Å². The minimum Gasteiger partial charge on any atom is -0.208 e. The quantitative estimate of drug-likeness (QED) is 0.151. The lowest BCUT2D eigenvalue weighted by Crippen LogP contribution is -2.25. The number of hydrogen-bond acceptors (Lipinski definition) is 6. The van der Waals surface area contributed by atoms with Crippen molar-refractivity contribution in [3.8, 4) is 113 Å². The summed E-state index contributed by atoms with van der Waals surface area (Å²) in [5.41, 5.74) is 24.2. The second-order valence-corrected chi connectivity index (χ2v) is 20.4. The second kappa shape index (κ2) is 18.3. The van der Waals surface area contributed by atoms with E-state index in [2.05, 4.69) is 234 Å². The van der Waals surface area contributed by atoms with Crippen LogP contribution in [0.1, 0.15) is 44.5 Å². The van der Waals surface area contributed by atoms with Gasteiger partial charge in [0.1, 0.15) is 0 Å². The summed E-state index contributed by atoms with van der Waals surface area (Å²) in [6.45, 7) is 8.42. The highest BCUT2D eigenvalue weighted by atomic mass is 15.0. The Labute approximate surface area is 448 Å². The van der Waals surface area contributed by atoms with E-state index in [0.717, 1.165) is 77.9 Å². The Morgan fingerprint density at radius 3 is 0.831 bits per heavy atom. The molecule has 0 radical (unpaired) electrons. The zero-order valence-corrected chi connectivity index (χ0v) is 43.1. The van der Waals surface area contributed by atoms with Crippen LogP contribution in [0, 0.1) is 27.7 Å². The van der Waals surface area contributed by atoms with Crippen LogP contribution in [0.5, 0.6) is 0 Å². The van der Waals surface area contributed by atoms with Gasteiger partial charge in [-0.15, -0.1) is 0 Å². The number of aromatic nitrogens is 6. The minimum atomic E-state index is -0.510. The number of hydrogen-bond donors (Lipinski definition) is 0. The molecule has 2 aliphatic rings. The van der Waals surface area contributed by atoms with Gasteiger partial charge in [0.25, 0.3) is 0 Å². The lowest BCUT2D eigenvalue weighted by atomic mass is 9.70. The molecule has 2 aromatic heterocycles. The molecule has 0 unspecified atom stereocenters. The third-order valence-electron chi connectivity index (χ3n) is 15.8. The molecule has 364 valence electrons. The number of aryl methyl sites for hydroxylation is 4. The maximum absolute atomic E-state index is 5.18. The molecule has 0 bridgehead atoms. The molecule has 2 heterocycles. The molecule has 14 rings (SSSR count). The summed E-state index contributed by atoms with van der Waals surface area (Å²) in [7, 11) is 0. The predicted octanol–water partition coefficient (Wildman–Crippen LogP) is 17.0. The second-order valence-electron chi connectivity index (χ2n) is 20.4. The highest BCUT2D eigenvalue weighted by Crippen LogP contribution is 2.63. The Kier molecular flexibility index (Phi) is 10.9. The van der Waals surface area contributed by atoms with Gasteiger partial charge < -0.3 is 0 Å². The Bertz CT molecular complexity index is 3950. The van der Waals surface area contributed by atoms with Crippen molar-refractivity contribution >= 4 is 0 Å². The zero-order valence-electron chi connectivity index (χ0n) is 43.1. The lowest BCUT2D eigenvalue weighted by molar-refractivity contribution is 0.794. The number of benzene rings is 10. The fourth-order valence-corrected chi connectivity index (χ4v) is 12.0. The Hall–Kier alpha value is -9.78. The topological polar surface area (TPSA) is 77.3 Å². The molecule has 10 aromatic carbocycles. The van der Waals surface area contributed by atoms with Crippen LogP contribution in [-0.4, -0.2) is 29.9 Å². The van der Waals surface area contributed by atoms with Gasteiger partial charge in [-0.3, -0.25) is 0 Å². The fourth-order valence-electron chi connectivity index (χ4n) is 12.0. The normalized spacial score (nSPS) is 12.5. The first-order chi connectivity index (χ1) is 37.8. The van der Waals surface area contributed by atoms with Crippen LogP contribution in [0.25, 0.3) is 113 Å². The van der Waals surface area contributed by atoms with E-state index in [1.807, 2.05) is 24.3 Å². The molecule has 6 heteroatoms. The van der Waals surface area contributed by atoms with Gasteiger partial charge in [0.2, 0.25) is 0 Å². The van der Waals surface area contributed by atoms with Crippen molar-refractivity contribution in [2.24, 2.45) is 0 Å². The molecule has 12 aromatic rings. The first-order valence-corrected chi connectivity index (χ1v) is 26.3. The first kappa shape index (κ1) is 45.8. The van der Waals surface area contributed by atoms with Gasteiger partial charge in [0.15, 0.2) is 34.9 Å². The van der Waals surface area contributed by atoms with E-state index in [4.69, 9.17) is 29.9 Å². The van der Waals surface area contributed by atoms with E-state index >= 15 is 0 Å². The monoisotopic (exact) mass is 986 g/mol. The Balaban J connectivity index is 0.922. The molecule has 77 heavy (non-hydrogen) atoms. The van der Waals surface area contributed by atoms with Crippen molar-refractivity contribution in [3.05, 3.63) is 275 Å². The zero-order chi connectivity index (χ0) is 51.8. The molecule has 0 atom stereocenters. The van der Waals surface area contributed by atoms with E-state index < -0.39 is 5.41 Å². The van der Waals surface area contributed by atoms with Crippen molar-refractivity contribution < 1.29 is 0 Å². The summed E-state index contributed by atoms with van der Waals surface area (Å²) >= 11 is 0. The molecule has 0 aliphatic heterocycles. The summed E-state index contributed by atoms with van der Waals surface area (Å²) in [4.78, 5) is 30.9. The molecule has 0 saturated carbocycles. The van der Waals surface area contributed by atoms with Crippen LogP contribution in [-0.2, 0) is 5.41 Å². The SMILES string of the molecule is Cc1ccccc1-c1nc(-c2cccc(-c3ccc4c(c3)-c3cc(-c5cccc(-c6nc(-c7ccccc7C)nc(-c7ccccc7C)n6)c5)ccc3C43c4ccccc4-c4ccccc43)c2)nc(-c2ccccc2C)n1. The third kappa shape index (κ3) is 7.55. The van der Waals surface area contributed by atoms with Crippen LogP contribution in [0.2, 0.25) is 0 Å². The van der Waals surface area contributed by atoms with E-state index in [-0.39, 0.29) is 0 Å². The van der Waals surface area contributed by atoms with E-state index in [1.165, 1.54) is 44.5 Å². The van der Waals surface area contributed by atoms with Gasteiger partial charge in [0, 0.05) is 33.4 Å². The summed E-state index contributed by atoms with van der Waals surface area (Å²) in [5.74, 6) is 3.88. The van der Waals surface area contributed by atoms with Gasteiger partial charge in [-0.05, 0) is 141 Å². The summed E-state index contributed by atoms with van der Waals surface area (Å²) in [5, 5.41) is 0. The molecule has 6 nitrogen and oxygen atoms in total. The van der Waals surface area contributed by atoms with E-state index in [9.17, 15) is 0 Å². The summed E-state index contributed by atoms with van der Waals surface area (Å²) < 4.78 is 0. The van der Waals surface area contributed by atoms with Gasteiger partial charge in [0.05, 0.1) is 5.41 Å². The van der Waals surface area contributed by atoms with E-state index in [1.54, 1.807) is 0 Å². The van der Waals surface area contributed by atoms with Crippen molar-refractivity contribution in [2.45, 2.75) is 33.1 Å². The van der Waals surface area contributed by atoms with Crippen LogP contribution >= 0.6 is 0 Å². The maximum atomic E-state index is 5.18. The molecule has 2 aliphatic carbocycles. The fraction of sp³-hybridized carbons (Fsp3) is 0.0704. The number of fused-ring (bicyclic) bond motifs is 10. The number of nitrogens with zero attached hydrogens (tertiary/aromatic N) is 6. The van der Waals surface area contributed by atoms with Gasteiger partial charge in [-0.25, -0.2) is 29.9 Å². The maximum Gasteiger partial charge on any atom is 0.164 e. The third-order valence-corrected chi connectivity index (χ3v) is 15.8. The summed E-state index contributed by atoms with van der Waals surface area (Å²) in [6.07, 6.45) is 0. The van der Waals surface area contributed by atoms with Crippen LogP contribution in [0.4, 0.5) is 0 Å². The van der Waals surface area contributed by atoms with Gasteiger partial charge in [-0.2, -0.15) is 0 Å². The highest BCUT2D eigenvalue weighted by Gasteiger charge is 2.51. The molecule has 0 saturated heterocycles. The standard InChI is InChI=1S/C71H50N6/c1-43-19-5-9-27-53(43)67-72-65(73-68(76-67)54-28-10-6-20-44(54)2)51-25-17-23-47(39-51)49-35-37-63-59(41-49)60-42-50(36-38-64(60)71(63)61-33-15-13-31-57(61)58-32-14-16-34-62(58)71)48-24-18-26-52(40-48)66-74-69(55-29-11-7-21-45(55)3)77-70(75-66)56-30-12-8-22-46(56)4/h5-42H,1-4H3. The Morgan fingerprint density at radius 1 is 0.208 bits per heavy atom. The average molecular weight is 987 g/mol. The van der Waals surface area contributed by atoms with Crippen molar-refractivity contribution in [1.82, 2.24) is 29.9 Å². The number of rotatable bonds is 8. The van der Waals surface area contributed by atoms with E-state index in [0.29, 0.717) is 34.9 Å². The molecule has 0 amide bonds. The van der Waals surface area contributed by atoms with Crippen LogP contribution < -0.4 is 0 Å². The Morgan fingerprint density at radius 2 is 0.481 bits per heavy atom. The van der Waals surface area contributed by atoms with Crippen molar-refractivity contribution in [2.75, 3.05) is 0 Å². The smallest absolute Gasteiger partial charge is 0.164 e. The highest BCUT2D eigenvalue weighted by molar-refractivity contribution is 5.97. The van der Waals surface area contributed by atoms with Crippen LogP contribution in [0.3, 0.4) is 0 Å². The molecular weight excluding hydrogens is 937 g/mol. The van der Waals surface area contributed by atoms with Crippen LogP contribution in [0.15, 0.2) is 231 Å². The molecule has 0 fully saturated rings. The molecule has 1 spiro atoms. The largest absolute Gasteiger partial charge is 0.208 e. The first-order valence-electron chi connectivity index (χ1n) is 26.3. The minimum absolute atomic E-state index is 0.510. The predicted molar refractivity (Wildman–Crippen MR) is 312 cm³/mol. The average Bonchev–Trinajstić information content (AvgIpc) is 3.99. The van der Waals surface area contributed by atoms with Crippen molar-refractivity contribution in [3.63, 3.8) is 0 Å². The summed E-state index contributed by atoms with van der Waals surface area (Å²) in [6, 6.07) is 82.6. The van der Waals surface area contributed by atoms with Gasteiger partial charge in [-0.1, -0.05) is 206 Å². The lowest BCUT2D eigenvalue weighted by Gasteiger charge is -2.30. The molecule has 0 N–H and O–H groups in total. The molecular formula is C71H50N6.